The van der Waals surface area contributed by atoms with Crippen LogP contribution in [0.1, 0.15) is 49.7 Å². The molecule has 0 spiro atoms. The molecular weight excluding hydrogens is 525 g/mol. The number of carbonyl (C=O) groups is 3. The van der Waals surface area contributed by atoms with Crippen LogP contribution < -0.4 is 4.74 Å². The van der Waals surface area contributed by atoms with Crippen LogP contribution in [-0.4, -0.2) is 72.6 Å². The molecule has 2 aliphatic rings. The SMILES string of the molecule is C#CCOc1ccc(CN2C3CCC2CC(O)(c2ccccc2F)C3)cc1.O=C(O)CC(O)(CC(=O)O)C(=O)O. The number of hydrogen-bond donors (Lipinski definition) is 5. The van der Waals surface area contributed by atoms with Crippen molar-refractivity contribution in [2.75, 3.05) is 6.61 Å². The third-order valence-corrected chi connectivity index (χ3v) is 7.19. The summed E-state index contributed by atoms with van der Waals surface area (Å²) in [7, 11) is 0. The standard InChI is InChI=1S/C23H24FNO2.C6H8O7/c1-2-13-27-20-11-7-17(8-12-20)16-25-18-9-10-19(25)15-23(26,14-18)21-5-3-4-6-22(21)24;7-3(8)1-6(13,5(11)12)2-4(9)10/h1,3-8,11-12,18-19,26H,9-10,13-16H2;13H,1-2H2,(H,7,8)(H,9,10)(H,11,12). The van der Waals surface area contributed by atoms with E-state index in [1.165, 1.54) is 11.6 Å². The van der Waals surface area contributed by atoms with Crippen molar-refractivity contribution in [2.45, 2.75) is 68.4 Å². The number of nitrogens with zero attached hydrogens (tertiary/aromatic N) is 1. The third kappa shape index (κ3) is 7.57. The zero-order chi connectivity index (χ0) is 29.5. The molecule has 0 aliphatic carbocycles. The number of rotatable bonds is 10. The van der Waals surface area contributed by atoms with Gasteiger partial charge >= 0.3 is 17.9 Å². The number of fused-ring (bicyclic) bond motifs is 2. The molecule has 40 heavy (non-hydrogen) atoms. The molecule has 2 unspecified atom stereocenters. The number of ether oxygens (including phenoxy) is 1. The second-order valence-electron chi connectivity index (χ2n) is 10.1. The fourth-order valence-electron chi connectivity index (χ4n) is 5.37. The van der Waals surface area contributed by atoms with Crippen LogP contribution in [-0.2, 0) is 26.5 Å². The van der Waals surface area contributed by atoms with Gasteiger partial charge in [-0.3, -0.25) is 14.5 Å². The highest BCUT2D eigenvalue weighted by molar-refractivity contribution is 5.88. The van der Waals surface area contributed by atoms with Crippen LogP contribution in [0.4, 0.5) is 4.39 Å². The number of benzene rings is 2. The van der Waals surface area contributed by atoms with E-state index >= 15 is 0 Å². The van der Waals surface area contributed by atoms with Gasteiger partial charge in [0.25, 0.3) is 0 Å². The van der Waals surface area contributed by atoms with E-state index < -0.39 is 42.0 Å². The van der Waals surface area contributed by atoms with E-state index in [2.05, 4.69) is 23.0 Å². The largest absolute Gasteiger partial charge is 0.481 e. The number of piperidine rings is 1. The first-order chi connectivity index (χ1) is 18.9. The molecule has 2 aromatic carbocycles. The maximum atomic E-state index is 14.3. The fourth-order valence-corrected chi connectivity index (χ4v) is 5.37. The number of carboxylic acids is 3. The predicted molar refractivity (Wildman–Crippen MR) is 140 cm³/mol. The molecule has 0 saturated carbocycles. The maximum Gasteiger partial charge on any atom is 0.336 e. The van der Waals surface area contributed by atoms with Gasteiger partial charge in [-0.1, -0.05) is 36.3 Å². The van der Waals surface area contributed by atoms with Crippen LogP contribution in [0.5, 0.6) is 5.75 Å². The van der Waals surface area contributed by atoms with Crippen molar-refractivity contribution in [1.82, 2.24) is 4.90 Å². The van der Waals surface area contributed by atoms with Gasteiger partial charge in [-0.2, -0.15) is 0 Å². The second-order valence-corrected chi connectivity index (χ2v) is 10.1. The van der Waals surface area contributed by atoms with Crippen molar-refractivity contribution in [3.05, 3.63) is 65.5 Å². The summed E-state index contributed by atoms with van der Waals surface area (Å²) in [4.78, 5) is 32.9. The highest BCUT2D eigenvalue weighted by atomic mass is 19.1. The van der Waals surface area contributed by atoms with E-state index in [0.717, 1.165) is 25.1 Å². The molecular formula is C29H32FNO9. The first-order valence-electron chi connectivity index (χ1n) is 12.6. The molecule has 10 nitrogen and oxygen atoms in total. The summed E-state index contributed by atoms with van der Waals surface area (Å²) in [5.74, 6) is -2.10. The Morgan fingerprint density at radius 3 is 2.02 bits per heavy atom. The van der Waals surface area contributed by atoms with Gasteiger partial charge in [0.05, 0.1) is 18.4 Å². The Kier molecular flexibility index (Phi) is 9.87. The Morgan fingerprint density at radius 2 is 1.55 bits per heavy atom. The lowest BCUT2D eigenvalue weighted by molar-refractivity contribution is -0.170. The number of aliphatic carboxylic acids is 3. The van der Waals surface area contributed by atoms with Crippen molar-refractivity contribution in [3.8, 4) is 18.1 Å². The summed E-state index contributed by atoms with van der Waals surface area (Å²) >= 11 is 0. The first kappa shape index (κ1) is 30.6. The molecule has 2 aromatic rings. The Hall–Kier alpha value is -3.98. The van der Waals surface area contributed by atoms with E-state index in [9.17, 15) is 23.9 Å². The normalized spacial score (nSPS) is 21.9. The van der Waals surface area contributed by atoms with Crippen molar-refractivity contribution in [2.24, 2.45) is 0 Å². The summed E-state index contributed by atoms with van der Waals surface area (Å²) in [6.07, 6.45) is 6.17. The topological polar surface area (TPSA) is 165 Å². The summed E-state index contributed by atoms with van der Waals surface area (Å²) in [5, 5.41) is 45.0. The number of aliphatic hydroxyl groups is 2. The van der Waals surface area contributed by atoms with E-state index in [4.69, 9.17) is 31.6 Å². The van der Waals surface area contributed by atoms with Crippen molar-refractivity contribution < 1.29 is 49.0 Å². The van der Waals surface area contributed by atoms with Gasteiger partial charge < -0.3 is 30.3 Å². The van der Waals surface area contributed by atoms with Crippen LogP contribution >= 0.6 is 0 Å². The Labute approximate surface area is 230 Å². The van der Waals surface area contributed by atoms with Crippen LogP contribution in [0.3, 0.4) is 0 Å². The summed E-state index contributed by atoms with van der Waals surface area (Å²) in [5.41, 5.74) is -2.16. The van der Waals surface area contributed by atoms with Gasteiger partial charge in [-0.05, 0) is 49.4 Å². The van der Waals surface area contributed by atoms with Crippen LogP contribution in [0.15, 0.2) is 48.5 Å². The Bertz CT molecular complexity index is 1230. The minimum atomic E-state index is -2.74. The van der Waals surface area contributed by atoms with Crippen molar-refractivity contribution in [1.29, 1.82) is 0 Å². The van der Waals surface area contributed by atoms with Gasteiger partial charge in [0.1, 0.15) is 18.2 Å². The summed E-state index contributed by atoms with van der Waals surface area (Å²) in [6.45, 7) is 1.10. The molecule has 2 bridgehead atoms. The van der Waals surface area contributed by atoms with Gasteiger partial charge in [0.15, 0.2) is 5.60 Å². The molecule has 214 valence electrons. The molecule has 11 heteroatoms. The molecule has 0 radical (unpaired) electrons. The molecule has 2 fully saturated rings. The number of carboxylic acid groups (broad SMARTS) is 3. The lowest BCUT2D eigenvalue weighted by Gasteiger charge is -2.44. The van der Waals surface area contributed by atoms with Crippen LogP contribution in [0.2, 0.25) is 0 Å². The Morgan fingerprint density at radius 1 is 1.00 bits per heavy atom. The van der Waals surface area contributed by atoms with Crippen molar-refractivity contribution >= 4 is 17.9 Å². The third-order valence-electron chi connectivity index (χ3n) is 7.19. The molecule has 2 atom stereocenters. The monoisotopic (exact) mass is 557 g/mol. The lowest BCUT2D eigenvalue weighted by Crippen LogP contribution is -2.49. The molecule has 5 N–H and O–H groups in total. The number of terminal acetylenes is 1. The maximum absolute atomic E-state index is 14.3. The van der Waals surface area contributed by atoms with Gasteiger partial charge in [0, 0.05) is 24.2 Å². The van der Waals surface area contributed by atoms with Gasteiger partial charge in [0.2, 0.25) is 0 Å². The van der Waals surface area contributed by atoms with Crippen molar-refractivity contribution in [3.63, 3.8) is 0 Å². The van der Waals surface area contributed by atoms with E-state index in [1.54, 1.807) is 18.2 Å². The van der Waals surface area contributed by atoms with Crippen LogP contribution in [0, 0.1) is 18.2 Å². The molecule has 0 aromatic heterocycles. The second kappa shape index (κ2) is 12.9. The highest BCUT2D eigenvalue weighted by Gasteiger charge is 2.49. The molecule has 2 aliphatic heterocycles. The van der Waals surface area contributed by atoms with Gasteiger partial charge in [-0.15, -0.1) is 6.42 Å². The average molecular weight is 558 g/mol. The van der Waals surface area contributed by atoms with E-state index in [1.807, 2.05) is 12.1 Å². The quantitative estimate of drug-likeness (QED) is 0.274. The number of halogens is 1. The van der Waals surface area contributed by atoms with Crippen LogP contribution in [0.25, 0.3) is 0 Å². The molecule has 0 amide bonds. The minimum absolute atomic E-state index is 0.268. The summed E-state index contributed by atoms with van der Waals surface area (Å²) in [6, 6.07) is 15.2. The fraction of sp³-hybridized carbons (Fsp3) is 0.414. The Balaban J connectivity index is 0.000000289. The molecule has 4 rings (SSSR count). The predicted octanol–water partition coefficient (Wildman–Crippen LogP) is 2.60. The first-order valence-corrected chi connectivity index (χ1v) is 12.6. The smallest absolute Gasteiger partial charge is 0.336 e. The molecule has 2 saturated heterocycles. The zero-order valence-electron chi connectivity index (χ0n) is 21.7. The average Bonchev–Trinajstić information content (AvgIpc) is 3.11. The van der Waals surface area contributed by atoms with Gasteiger partial charge in [-0.25, -0.2) is 9.18 Å². The van der Waals surface area contributed by atoms with E-state index in [0.29, 0.717) is 18.4 Å². The number of hydrogen-bond acceptors (Lipinski definition) is 7. The lowest BCUT2D eigenvalue weighted by atomic mass is 9.80. The summed E-state index contributed by atoms with van der Waals surface area (Å²) < 4.78 is 19.7. The highest BCUT2D eigenvalue weighted by Crippen LogP contribution is 2.46. The molecule has 2 heterocycles. The zero-order valence-corrected chi connectivity index (χ0v) is 21.7. The minimum Gasteiger partial charge on any atom is -0.481 e. The van der Waals surface area contributed by atoms with E-state index in [-0.39, 0.29) is 24.5 Å².